The van der Waals surface area contributed by atoms with Gasteiger partial charge in [-0.15, -0.1) is 0 Å². The number of likely N-dealkylation sites (tertiary alicyclic amines) is 1. The van der Waals surface area contributed by atoms with Crippen LogP contribution in [0.1, 0.15) is 24.5 Å². The van der Waals surface area contributed by atoms with Gasteiger partial charge >= 0.3 is 0 Å². The molecule has 1 saturated heterocycles. The topological polar surface area (TPSA) is 78.6 Å². The third-order valence-electron chi connectivity index (χ3n) is 4.65. The summed E-state index contributed by atoms with van der Waals surface area (Å²) in [5.41, 5.74) is 1.91. The molecule has 0 spiro atoms. The quantitative estimate of drug-likeness (QED) is 0.623. The number of nitro groups is 1. The Bertz CT molecular complexity index is 683. The molecule has 2 N–H and O–H groups in total. The number of hydrogen-bond acceptors (Lipinski definition) is 5. The van der Waals surface area contributed by atoms with Gasteiger partial charge < -0.3 is 15.3 Å². The van der Waals surface area contributed by atoms with Crippen molar-refractivity contribution >= 4 is 11.4 Å². The third-order valence-corrected chi connectivity index (χ3v) is 4.65. The Morgan fingerprint density at radius 2 is 1.76 bits per heavy atom. The molecule has 0 amide bonds. The van der Waals surface area contributed by atoms with Gasteiger partial charge in [-0.25, -0.2) is 0 Å². The van der Waals surface area contributed by atoms with Crippen molar-refractivity contribution in [2.24, 2.45) is 0 Å². The van der Waals surface area contributed by atoms with Gasteiger partial charge in [0.2, 0.25) is 0 Å². The molecule has 6 nitrogen and oxygen atoms in total. The van der Waals surface area contributed by atoms with Crippen LogP contribution < -0.4 is 5.32 Å². The van der Waals surface area contributed by atoms with Crippen molar-refractivity contribution < 1.29 is 10.0 Å². The van der Waals surface area contributed by atoms with Crippen LogP contribution in [0.4, 0.5) is 11.4 Å². The number of anilines is 1. The molecule has 25 heavy (non-hydrogen) atoms. The lowest BCUT2D eigenvalue weighted by atomic mass is 10.0. The number of nitro benzene ring substituents is 1. The van der Waals surface area contributed by atoms with Crippen LogP contribution in [-0.4, -0.2) is 40.6 Å². The number of rotatable bonds is 6. The number of aliphatic hydroxyl groups is 1. The zero-order valence-corrected chi connectivity index (χ0v) is 14.0. The predicted octanol–water partition coefficient (Wildman–Crippen LogP) is 3.20. The van der Waals surface area contributed by atoms with Gasteiger partial charge in [0.05, 0.1) is 11.0 Å². The lowest BCUT2D eigenvalue weighted by Crippen LogP contribution is -2.40. The summed E-state index contributed by atoms with van der Waals surface area (Å²) in [6, 6.07) is 16.8. The van der Waals surface area contributed by atoms with Gasteiger partial charge in [-0.2, -0.15) is 0 Å². The van der Waals surface area contributed by atoms with E-state index in [-0.39, 0.29) is 5.69 Å². The van der Waals surface area contributed by atoms with E-state index in [4.69, 9.17) is 0 Å². The molecule has 1 unspecified atom stereocenters. The number of aliphatic hydroxyl groups excluding tert-OH is 1. The van der Waals surface area contributed by atoms with E-state index in [2.05, 4.69) is 22.3 Å². The Kier molecular flexibility index (Phi) is 5.63. The van der Waals surface area contributed by atoms with Crippen LogP contribution in [0.25, 0.3) is 0 Å². The van der Waals surface area contributed by atoms with Gasteiger partial charge in [-0.3, -0.25) is 10.1 Å². The van der Waals surface area contributed by atoms with Crippen molar-refractivity contribution in [3.8, 4) is 0 Å². The van der Waals surface area contributed by atoms with Crippen molar-refractivity contribution in [1.82, 2.24) is 4.90 Å². The maximum atomic E-state index is 10.7. The lowest BCUT2D eigenvalue weighted by Gasteiger charge is -2.34. The van der Waals surface area contributed by atoms with Gasteiger partial charge in [-0.1, -0.05) is 18.2 Å². The molecular formula is C19H23N3O3. The Morgan fingerprint density at radius 3 is 2.36 bits per heavy atom. The van der Waals surface area contributed by atoms with Crippen LogP contribution in [-0.2, 0) is 0 Å². The standard InChI is InChI=1S/C19H23N3O3/c23-19(15-6-8-18(9-7-15)22(24)25)14-21-12-10-17(11-13-21)20-16-4-2-1-3-5-16/h1-9,17,19-20,23H,10-14H2. The molecule has 1 heterocycles. The molecule has 132 valence electrons. The van der Waals surface area contributed by atoms with E-state index >= 15 is 0 Å². The molecule has 3 rings (SSSR count). The van der Waals surface area contributed by atoms with Gasteiger partial charge in [0.25, 0.3) is 5.69 Å². The molecule has 2 aromatic carbocycles. The number of para-hydroxylation sites is 1. The summed E-state index contributed by atoms with van der Waals surface area (Å²) in [6.07, 6.45) is 1.43. The number of nitrogens with zero attached hydrogens (tertiary/aromatic N) is 2. The molecule has 0 bridgehead atoms. The smallest absolute Gasteiger partial charge is 0.269 e. The molecule has 0 saturated carbocycles. The largest absolute Gasteiger partial charge is 0.387 e. The minimum absolute atomic E-state index is 0.0451. The first-order chi connectivity index (χ1) is 12.1. The molecule has 0 radical (unpaired) electrons. The van der Waals surface area contributed by atoms with Gasteiger partial charge in [0.15, 0.2) is 0 Å². The average molecular weight is 341 g/mol. The molecular weight excluding hydrogens is 318 g/mol. The number of hydrogen-bond donors (Lipinski definition) is 2. The van der Waals surface area contributed by atoms with E-state index in [0.717, 1.165) is 37.2 Å². The summed E-state index contributed by atoms with van der Waals surface area (Å²) in [6.45, 7) is 2.40. The molecule has 0 aliphatic carbocycles. The van der Waals surface area contributed by atoms with Crippen LogP contribution >= 0.6 is 0 Å². The Hall–Kier alpha value is -2.44. The first-order valence-corrected chi connectivity index (χ1v) is 8.58. The van der Waals surface area contributed by atoms with Gasteiger partial charge in [-0.05, 0) is 42.7 Å². The van der Waals surface area contributed by atoms with E-state index in [1.807, 2.05) is 18.2 Å². The number of nitrogens with one attached hydrogen (secondary N) is 1. The van der Waals surface area contributed by atoms with Gasteiger partial charge in [0.1, 0.15) is 0 Å². The highest BCUT2D eigenvalue weighted by Crippen LogP contribution is 2.21. The van der Waals surface area contributed by atoms with Crippen LogP contribution in [0.3, 0.4) is 0 Å². The zero-order chi connectivity index (χ0) is 17.6. The summed E-state index contributed by atoms with van der Waals surface area (Å²) in [7, 11) is 0. The highest BCUT2D eigenvalue weighted by Gasteiger charge is 2.21. The number of piperidine rings is 1. The summed E-state index contributed by atoms with van der Waals surface area (Å²) in [5, 5.41) is 24.6. The van der Waals surface area contributed by atoms with Crippen LogP contribution in [0.15, 0.2) is 54.6 Å². The molecule has 0 aromatic heterocycles. The maximum Gasteiger partial charge on any atom is 0.269 e. The molecule has 1 fully saturated rings. The van der Waals surface area contributed by atoms with Crippen molar-refractivity contribution in [1.29, 1.82) is 0 Å². The van der Waals surface area contributed by atoms with Crippen molar-refractivity contribution in [2.75, 3.05) is 25.0 Å². The molecule has 2 aromatic rings. The van der Waals surface area contributed by atoms with Crippen LogP contribution in [0, 0.1) is 10.1 Å². The summed E-state index contributed by atoms with van der Waals surface area (Å²) in [4.78, 5) is 12.5. The highest BCUT2D eigenvalue weighted by molar-refractivity contribution is 5.43. The fourth-order valence-corrected chi connectivity index (χ4v) is 3.20. The Balaban J connectivity index is 1.47. The van der Waals surface area contributed by atoms with Crippen molar-refractivity contribution in [3.05, 3.63) is 70.3 Å². The second-order valence-corrected chi connectivity index (χ2v) is 6.45. The molecule has 1 aliphatic heterocycles. The van der Waals surface area contributed by atoms with E-state index in [0.29, 0.717) is 12.6 Å². The Labute approximate surface area is 147 Å². The second kappa shape index (κ2) is 8.09. The highest BCUT2D eigenvalue weighted by atomic mass is 16.6. The fourth-order valence-electron chi connectivity index (χ4n) is 3.20. The van der Waals surface area contributed by atoms with Crippen molar-refractivity contribution in [3.63, 3.8) is 0 Å². The van der Waals surface area contributed by atoms with Gasteiger partial charge in [0, 0.05) is 43.5 Å². The SMILES string of the molecule is O=[N+]([O-])c1ccc(C(O)CN2CCC(Nc3ccccc3)CC2)cc1. The average Bonchev–Trinajstić information content (AvgIpc) is 2.64. The number of non-ortho nitro benzene ring substituents is 1. The maximum absolute atomic E-state index is 10.7. The minimum Gasteiger partial charge on any atom is -0.387 e. The zero-order valence-electron chi connectivity index (χ0n) is 14.0. The van der Waals surface area contributed by atoms with E-state index in [1.165, 1.54) is 12.1 Å². The minimum atomic E-state index is -0.626. The molecule has 6 heteroatoms. The summed E-state index contributed by atoms with van der Waals surface area (Å²) >= 11 is 0. The first-order valence-electron chi connectivity index (χ1n) is 8.58. The Morgan fingerprint density at radius 1 is 1.12 bits per heavy atom. The second-order valence-electron chi connectivity index (χ2n) is 6.45. The van der Waals surface area contributed by atoms with Crippen LogP contribution in [0.5, 0.6) is 0 Å². The van der Waals surface area contributed by atoms with Crippen molar-refractivity contribution in [2.45, 2.75) is 25.0 Å². The van der Waals surface area contributed by atoms with E-state index in [9.17, 15) is 15.2 Å². The summed E-state index contributed by atoms with van der Waals surface area (Å²) in [5.74, 6) is 0. The summed E-state index contributed by atoms with van der Waals surface area (Å²) < 4.78 is 0. The number of benzene rings is 2. The first kappa shape index (κ1) is 17.4. The normalized spacial score (nSPS) is 17.2. The predicted molar refractivity (Wildman–Crippen MR) is 97.6 cm³/mol. The molecule has 1 atom stereocenters. The van der Waals surface area contributed by atoms with E-state index in [1.54, 1.807) is 12.1 Å². The fraction of sp³-hybridized carbons (Fsp3) is 0.368. The van der Waals surface area contributed by atoms with Crippen LogP contribution in [0.2, 0.25) is 0 Å². The lowest BCUT2D eigenvalue weighted by molar-refractivity contribution is -0.384. The third kappa shape index (κ3) is 4.78. The monoisotopic (exact) mass is 341 g/mol. The van der Waals surface area contributed by atoms with E-state index < -0.39 is 11.0 Å². The number of β-amino-alcohol motifs (C(OH)–C–C–N with tert-alkyl or cyclic N) is 1. The molecule has 1 aliphatic rings.